The summed E-state index contributed by atoms with van der Waals surface area (Å²) in [5, 5.41) is 0. The van der Waals surface area contributed by atoms with E-state index < -0.39 is 0 Å². The molecular weight excluding hydrogens is 596 g/mol. The molecule has 4 saturated carbocycles. The van der Waals surface area contributed by atoms with Crippen LogP contribution in [0.3, 0.4) is 0 Å². The highest BCUT2D eigenvalue weighted by Crippen LogP contribution is 2.67. The van der Waals surface area contributed by atoms with E-state index in [0.29, 0.717) is 29.7 Å². The normalized spacial score (nSPS) is 45.3. The summed E-state index contributed by atoms with van der Waals surface area (Å²) in [6.07, 6.45) is 13.5. The van der Waals surface area contributed by atoms with E-state index in [1.54, 1.807) is 13.8 Å². The molecule has 2 heterocycles. The number of nitrogens with zero attached hydrogens (tertiary/aromatic N) is 2. The van der Waals surface area contributed by atoms with Crippen molar-refractivity contribution in [3.63, 3.8) is 0 Å². The van der Waals surface area contributed by atoms with Gasteiger partial charge in [-0.05, 0) is 93.3 Å². The molecule has 6 fully saturated rings. The van der Waals surface area contributed by atoms with Crippen molar-refractivity contribution in [1.82, 2.24) is 4.90 Å². The molecule has 3 unspecified atom stereocenters. The van der Waals surface area contributed by atoms with Crippen LogP contribution in [0.25, 0.3) is 0 Å². The molecule has 0 amide bonds. The number of rotatable bonds is 4. The van der Waals surface area contributed by atoms with Gasteiger partial charge >= 0.3 is 11.9 Å². The average molecular weight is 654 g/mol. The number of quaternary nitrogens is 1. The number of halogens is 1. The molecule has 0 spiro atoms. The molecule has 6 aliphatic rings. The lowest BCUT2D eigenvalue weighted by Crippen LogP contribution is -3.00. The fourth-order valence-electron chi connectivity index (χ4n) is 11.6. The predicted octanol–water partition coefficient (Wildman–Crippen LogP) is 2.21. The SMILES string of the molecule is CC(=O)O[C@H]1C[C@@H]2CCC3C4C[C@H]([N+]5(C)CCCCCC5)[C@H](OC(C)=O)[C@@]4(C)CCC3[C@@]2(C)C[C@@H]1N1CCOCC1.[Br-]. The molecular formula is C34H57BrN2O5. The fraction of sp³-hybridized carbons (Fsp3) is 0.941. The van der Waals surface area contributed by atoms with Gasteiger partial charge in [-0.2, -0.15) is 0 Å². The number of ether oxygens (including phenoxy) is 3. The van der Waals surface area contributed by atoms with Gasteiger partial charge in [-0.15, -0.1) is 0 Å². The van der Waals surface area contributed by atoms with Gasteiger partial charge in [0, 0.05) is 44.8 Å². The molecule has 0 bridgehead atoms. The van der Waals surface area contributed by atoms with Crippen molar-refractivity contribution in [2.24, 2.45) is 34.5 Å². The lowest BCUT2D eigenvalue weighted by molar-refractivity contribution is -0.935. The van der Waals surface area contributed by atoms with Crippen LogP contribution in [0.1, 0.15) is 98.3 Å². The van der Waals surface area contributed by atoms with E-state index in [1.165, 1.54) is 64.5 Å². The lowest BCUT2D eigenvalue weighted by Gasteiger charge is -2.62. The van der Waals surface area contributed by atoms with E-state index in [2.05, 4.69) is 25.8 Å². The first-order valence-electron chi connectivity index (χ1n) is 17.1. The van der Waals surface area contributed by atoms with E-state index in [4.69, 9.17) is 14.2 Å². The van der Waals surface area contributed by atoms with Crippen LogP contribution in [0, 0.1) is 34.5 Å². The third-order valence-corrected chi connectivity index (χ3v) is 13.6. The second-order valence-corrected chi connectivity index (χ2v) is 15.7. The largest absolute Gasteiger partial charge is 1.00 e. The molecule has 2 saturated heterocycles. The van der Waals surface area contributed by atoms with Gasteiger partial charge in [-0.3, -0.25) is 14.5 Å². The molecule has 7 nitrogen and oxygen atoms in total. The Bertz CT molecular complexity index is 981. The van der Waals surface area contributed by atoms with E-state index in [0.717, 1.165) is 50.0 Å². The molecule has 240 valence electrons. The van der Waals surface area contributed by atoms with E-state index in [1.807, 2.05) is 0 Å². The highest BCUT2D eigenvalue weighted by Gasteiger charge is 2.67. The number of hydrogen-bond acceptors (Lipinski definition) is 6. The topological polar surface area (TPSA) is 65.1 Å². The Kier molecular flexibility index (Phi) is 9.80. The Morgan fingerprint density at radius 1 is 0.857 bits per heavy atom. The molecule has 0 aromatic heterocycles. The predicted molar refractivity (Wildman–Crippen MR) is 158 cm³/mol. The minimum atomic E-state index is -0.141. The highest BCUT2D eigenvalue weighted by molar-refractivity contribution is 5.66. The van der Waals surface area contributed by atoms with Crippen molar-refractivity contribution < 1.29 is 45.3 Å². The number of hydrogen-bond donors (Lipinski definition) is 0. The zero-order valence-electron chi connectivity index (χ0n) is 27.0. The second-order valence-electron chi connectivity index (χ2n) is 15.7. The van der Waals surface area contributed by atoms with Gasteiger partial charge < -0.3 is 35.7 Å². The monoisotopic (exact) mass is 652 g/mol. The maximum Gasteiger partial charge on any atom is 0.303 e. The van der Waals surface area contributed by atoms with Gasteiger partial charge in [0.15, 0.2) is 6.10 Å². The Morgan fingerprint density at radius 3 is 2.17 bits per heavy atom. The smallest absolute Gasteiger partial charge is 0.303 e. The lowest BCUT2D eigenvalue weighted by atomic mass is 9.44. The third kappa shape index (κ3) is 5.73. The molecule has 10 atom stereocenters. The zero-order valence-corrected chi connectivity index (χ0v) is 28.5. The Labute approximate surface area is 265 Å². The summed E-state index contributed by atoms with van der Waals surface area (Å²) in [6, 6.07) is 0.694. The molecule has 0 radical (unpaired) electrons. The quantitative estimate of drug-likeness (QED) is 0.343. The van der Waals surface area contributed by atoms with Gasteiger partial charge in [0.1, 0.15) is 12.1 Å². The van der Waals surface area contributed by atoms with Crippen LogP contribution >= 0.6 is 0 Å². The zero-order chi connectivity index (χ0) is 29.0. The van der Waals surface area contributed by atoms with Crippen LogP contribution in [0.4, 0.5) is 0 Å². The van der Waals surface area contributed by atoms with Crippen molar-refractivity contribution in [2.45, 2.75) is 123 Å². The Morgan fingerprint density at radius 2 is 1.52 bits per heavy atom. The van der Waals surface area contributed by atoms with Crippen molar-refractivity contribution in [3.8, 4) is 0 Å². The minimum Gasteiger partial charge on any atom is -1.00 e. The van der Waals surface area contributed by atoms with Crippen molar-refractivity contribution >= 4 is 11.9 Å². The second kappa shape index (κ2) is 12.6. The van der Waals surface area contributed by atoms with Crippen LogP contribution in [0.2, 0.25) is 0 Å². The summed E-state index contributed by atoms with van der Waals surface area (Å²) in [5.41, 5.74) is 0.312. The van der Waals surface area contributed by atoms with Crippen LogP contribution in [0.15, 0.2) is 0 Å². The van der Waals surface area contributed by atoms with Gasteiger partial charge in [-0.25, -0.2) is 0 Å². The van der Waals surface area contributed by atoms with E-state index in [9.17, 15) is 9.59 Å². The number of carbonyl (C=O) groups excluding carboxylic acids is 2. The van der Waals surface area contributed by atoms with Gasteiger partial charge in [0.2, 0.25) is 0 Å². The van der Waals surface area contributed by atoms with Crippen LogP contribution in [-0.2, 0) is 23.8 Å². The third-order valence-electron chi connectivity index (χ3n) is 13.6. The highest BCUT2D eigenvalue weighted by atomic mass is 79.9. The Balaban J connectivity index is 0.00000353. The minimum absolute atomic E-state index is 0. The first-order valence-corrected chi connectivity index (χ1v) is 17.1. The molecule has 8 heteroatoms. The summed E-state index contributed by atoms with van der Waals surface area (Å²) in [5.74, 6) is 2.35. The molecule has 42 heavy (non-hydrogen) atoms. The average Bonchev–Trinajstić information content (AvgIpc) is 3.06. The van der Waals surface area contributed by atoms with Gasteiger partial charge in [0.05, 0.1) is 33.4 Å². The van der Waals surface area contributed by atoms with Crippen LogP contribution in [0.5, 0.6) is 0 Å². The first kappa shape index (κ1) is 32.7. The van der Waals surface area contributed by atoms with E-state index >= 15 is 0 Å². The fourth-order valence-corrected chi connectivity index (χ4v) is 11.6. The molecule has 0 N–H and O–H groups in total. The number of morpholine rings is 1. The van der Waals surface area contributed by atoms with Gasteiger partial charge in [-0.1, -0.05) is 13.8 Å². The maximum absolute atomic E-state index is 12.6. The van der Waals surface area contributed by atoms with Gasteiger partial charge in [0.25, 0.3) is 0 Å². The molecule has 2 aliphatic heterocycles. The number of likely N-dealkylation sites (N-methyl/N-ethyl adjacent to an activating group) is 1. The Hall–Kier alpha value is -0.700. The number of likely N-dealkylation sites (tertiary alicyclic amines) is 1. The number of carbonyl (C=O) groups is 2. The van der Waals surface area contributed by atoms with Crippen LogP contribution in [-0.4, -0.2) is 92.1 Å². The standard InChI is InChI=1S/C34H57N2O5.BrH/c1-23(37)40-31-20-25-10-11-26-27(34(25,4)22-29(31)35-14-18-39-19-15-35)12-13-33(3)28(26)21-30(32(33)41-24(2)38)36(5)16-8-6-7-9-17-36;/h25-32H,6-22H2,1-5H3;1H/q+1;/p-1/t25-,26?,27?,28?,29-,30-,31-,32-,33-,34-;/m0./s1. The summed E-state index contributed by atoms with van der Waals surface area (Å²) in [4.78, 5) is 27.3. The van der Waals surface area contributed by atoms with Crippen molar-refractivity contribution in [1.29, 1.82) is 0 Å². The summed E-state index contributed by atoms with van der Waals surface area (Å²) < 4.78 is 19.2. The summed E-state index contributed by atoms with van der Waals surface area (Å²) >= 11 is 0. The number of fused-ring (bicyclic) bond motifs is 5. The molecule has 4 aliphatic carbocycles. The maximum atomic E-state index is 12.6. The summed E-state index contributed by atoms with van der Waals surface area (Å²) in [6.45, 7) is 14.1. The van der Waals surface area contributed by atoms with Crippen molar-refractivity contribution in [3.05, 3.63) is 0 Å². The van der Waals surface area contributed by atoms with Crippen molar-refractivity contribution in [2.75, 3.05) is 46.4 Å². The summed E-state index contributed by atoms with van der Waals surface area (Å²) in [7, 11) is 2.48. The molecule has 0 aromatic rings. The molecule has 6 rings (SSSR count). The van der Waals surface area contributed by atoms with Crippen LogP contribution < -0.4 is 17.0 Å². The first-order chi connectivity index (χ1) is 19.5. The molecule has 0 aromatic carbocycles. The van der Waals surface area contributed by atoms with E-state index in [-0.39, 0.29) is 58.0 Å². The number of esters is 2.